The molecular weight excluding hydrogens is 248 g/mol. The number of aliphatic hydroxyl groups is 1. The Kier molecular flexibility index (Phi) is 6.31. The van der Waals surface area contributed by atoms with E-state index in [-0.39, 0.29) is 12.1 Å². The van der Waals surface area contributed by atoms with Crippen LogP contribution in [0.15, 0.2) is 0 Å². The maximum Gasteiger partial charge on any atom is 0.0610 e. The monoisotopic (exact) mass is 282 g/mol. The van der Waals surface area contributed by atoms with E-state index in [1.807, 2.05) is 0 Å². The zero-order valence-electron chi connectivity index (χ0n) is 13.5. The van der Waals surface area contributed by atoms with E-state index in [0.717, 1.165) is 12.3 Å². The molecule has 1 unspecified atom stereocenters. The van der Waals surface area contributed by atoms with Gasteiger partial charge in [-0.15, -0.1) is 0 Å². The molecule has 0 radical (unpaired) electrons. The lowest BCUT2D eigenvalue weighted by atomic mass is 9.95. The summed E-state index contributed by atoms with van der Waals surface area (Å²) in [6.45, 7) is 4.94. The summed E-state index contributed by atoms with van der Waals surface area (Å²) in [5.74, 6) is 0.958. The van der Waals surface area contributed by atoms with Crippen molar-refractivity contribution < 1.29 is 5.11 Å². The highest BCUT2D eigenvalue weighted by Gasteiger charge is 2.31. The van der Waals surface area contributed by atoms with Crippen molar-refractivity contribution in [1.29, 1.82) is 0 Å². The molecule has 2 aliphatic carbocycles. The van der Waals surface area contributed by atoms with Crippen LogP contribution >= 0.6 is 0 Å². The van der Waals surface area contributed by atoms with E-state index >= 15 is 0 Å². The number of aliphatic hydroxyl groups excluding tert-OH is 1. The summed E-state index contributed by atoms with van der Waals surface area (Å²) < 4.78 is 0. The van der Waals surface area contributed by atoms with Crippen LogP contribution in [0.2, 0.25) is 0 Å². The first-order chi connectivity index (χ1) is 9.61. The Hall–Kier alpha value is -0.120. The van der Waals surface area contributed by atoms with Crippen LogP contribution in [0.3, 0.4) is 0 Å². The Morgan fingerprint density at radius 2 is 1.85 bits per heavy atom. The number of nitrogens with zero attached hydrogens (tertiary/aromatic N) is 1. The largest absolute Gasteiger partial charge is 0.394 e. The number of rotatable bonds is 10. The summed E-state index contributed by atoms with van der Waals surface area (Å²) in [6.07, 6.45) is 11.9. The Morgan fingerprint density at radius 3 is 2.45 bits per heavy atom. The molecule has 3 heteroatoms. The summed E-state index contributed by atoms with van der Waals surface area (Å²) in [7, 11) is 2.27. The molecule has 2 fully saturated rings. The molecule has 2 rings (SSSR count). The number of hydrogen-bond donors (Lipinski definition) is 2. The molecule has 2 N–H and O–H groups in total. The third kappa shape index (κ3) is 5.71. The van der Waals surface area contributed by atoms with E-state index in [1.54, 1.807) is 0 Å². The fourth-order valence-electron chi connectivity index (χ4n) is 3.54. The highest BCUT2D eigenvalue weighted by atomic mass is 16.3. The smallest absolute Gasteiger partial charge is 0.0610 e. The van der Waals surface area contributed by atoms with Crippen LogP contribution in [0.5, 0.6) is 0 Å². The van der Waals surface area contributed by atoms with Gasteiger partial charge in [-0.1, -0.05) is 19.3 Å². The molecule has 0 spiro atoms. The minimum absolute atomic E-state index is 0.0504. The van der Waals surface area contributed by atoms with Gasteiger partial charge in [-0.3, -0.25) is 0 Å². The van der Waals surface area contributed by atoms with Crippen LogP contribution < -0.4 is 5.32 Å². The fourth-order valence-corrected chi connectivity index (χ4v) is 3.54. The summed E-state index contributed by atoms with van der Waals surface area (Å²) >= 11 is 0. The lowest BCUT2D eigenvalue weighted by Gasteiger charge is -2.29. The van der Waals surface area contributed by atoms with Crippen LogP contribution in [-0.2, 0) is 0 Å². The van der Waals surface area contributed by atoms with Gasteiger partial charge in [-0.2, -0.15) is 0 Å². The molecule has 20 heavy (non-hydrogen) atoms. The van der Waals surface area contributed by atoms with Crippen molar-refractivity contribution in [1.82, 2.24) is 10.2 Å². The summed E-state index contributed by atoms with van der Waals surface area (Å²) in [6, 6.07) is 0.678. The van der Waals surface area contributed by atoms with Crippen molar-refractivity contribution in [3.8, 4) is 0 Å². The lowest BCUT2D eigenvalue weighted by Crippen LogP contribution is -2.47. The van der Waals surface area contributed by atoms with Crippen molar-refractivity contribution in [3.63, 3.8) is 0 Å². The number of hydrogen-bond acceptors (Lipinski definition) is 3. The van der Waals surface area contributed by atoms with Crippen LogP contribution in [-0.4, -0.2) is 48.3 Å². The zero-order chi connectivity index (χ0) is 14.4. The molecule has 0 aromatic carbocycles. The van der Waals surface area contributed by atoms with E-state index in [1.165, 1.54) is 64.5 Å². The Balaban J connectivity index is 1.54. The average Bonchev–Trinajstić information content (AvgIpc) is 3.08. The van der Waals surface area contributed by atoms with Gasteiger partial charge in [0.1, 0.15) is 0 Å². The molecule has 2 aliphatic rings. The van der Waals surface area contributed by atoms with E-state index in [9.17, 15) is 5.11 Å². The third-order valence-corrected chi connectivity index (χ3v) is 5.04. The van der Waals surface area contributed by atoms with Gasteiger partial charge < -0.3 is 15.3 Å². The fraction of sp³-hybridized carbons (Fsp3) is 1.00. The maximum absolute atomic E-state index is 9.59. The molecule has 2 saturated carbocycles. The molecule has 0 aromatic rings. The molecule has 3 nitrogen and oxygen atoms in total. The van der Waals surface area contributed by atoms with Gasteiger partial charge in [0.25, 0.3) is 0 Å². The van der Waals surface area contributed by atoms with Crippen molar-refractivity contribution in [2.45, 2.75) is 76.3 Å². The van der Waals surface area contributed by atoms with Crippen LogP contribution in [0.1, 0.15) is 64.7 Å². The topological polar surface area (TPSA) is 35.5 Å². The van der Waals surface area contributed by atoms with Crippen molar-refractivity contribution in [2.24, 2.45) is 5.92 Å². The van der Waals surface area contributed by atoms with Gasteiger partial charge in [0.05, 0.1) is 6.61 Å². The predicted octanol–water partition coefficient (Wildman–Crippen LogP) is 2.78. The molecule has 0 heterocycles. The molecule has 0 amide bonds. The Labute approximate surface area is 125 Å². The standard InChI is InChI=1S/C17H34N2O/c1-17(14-20,18-16-9-10-16)11-5-6-12-19(2)13-15-7-3-4-8-15/h15-16,18,20H,3-14H2,1-2H3. The van der Waals surface area contributed by atoms with E-state index in [2.05, 4.69) is 24.2 Å². The maximum atomic E-state index is 9.59. The van der Waals surface area contributed by atoms with Crippen molar-refractivity contribution in [3.05, 3.63) is 0 Å². The van der Waals surface area contributed by atoms with E-state index in [0.29, 0.717) is 6.04 Å². The van der Waals surface area contributed by atoms with Gasteiger partial charge in [-0.05, 0) is 65.0 Å². The summed E-state index contributed by atoms with van der Waals surface area (Å²) in [4.78, 5) is 2.51. The molecule has 118 valence electrons. The first-order valence-corrected chi connectivity index (χ1v) is 8.68. The summed E-state index contributed by atoms with van der Waals surface area (Å²) in [5, 5.41) is 13.2. The second-order valence-corrected chi connectivity index (χ2v) is 7.51. The van der Waals surface area contributed by atoms with Gasteiger partial charge in [-0.25, -0.2) is 0 Å². The Bertz CT molecular complexity index is 274. The van der Waals surface area contributed by atoms with Gasteiger partial charge >= 0.3 is 0 Å². The summed E-state index contributed by atoms with van der Waals surface area (Å²) in [5.41, 5.74) is -0.0504. The second-order valence-electron chi connectivity index (χ2n) is 7.51. The quantitative estimate of drug-likeness (QED) is 0.605. The molecular formula is C17H34N2O. The highest BCUT2D eigenvalue weighted by Crippen LogP contribution is 2.26. The minimum atomic E-state index is -0.0504. The van der Waals surface area contributed by atoms with E-state index in [4.69, 9.17) is 0 Å². The van der Waals surface area contributed by atoms with Crippen LogP contribution in [0.25, 0.3) is 0 Å². The highest BCUT2D eigenvalue weighted by molar-refractivity contribution is 4.92. The van der Waals surface area contributed by atoms with Crippen LogP contribution in [0, 0.1) is 5.92 Å². The molecule has 0 saturated heterocycles. The van der Waals surface area contributed by atoms with Crippen LogP contribution in [0.4, 0.5) is 0 Å². The third-order valence-electron chi connectivity index (χ3n) is 5.04. The molecule has 0 bridgehead atoms. The first-order valence-electron chi connectivity index (χ1n) is 8.68. The number of unbranched alkanes of at least 4 members (excludes halogenated alkanes) is 1. The van der Waals surface area contributed by atoms with Crippen molar-refractivity contribution >= 4 is 0 Å². The first kappa shape index (κ1) is 16.3. The van der Waals surface area contributed by atoms with Crippen molar-refractivity contribution in [2.75, 3.05) is 26.7 Å². The average molecular weight is 282 g/mol. The van der Waals surface area contributed by atoms with Gasteiger partial charge in [0.2, 0.25) is 0 Å². The Morgan fingerprint density at radius 1 is 1.15 bits per heavy atom. The van der Waals surface area contributed by atoms with Gasteiger partial charge in [0, 0.05) is 18.1 Å². The number of nitrogens with one attached hydrogen (secondary N) is 1. The zero-order valence-corrected chi connectivity index (χ0v) is 13.5. The second kappa shape index (κ2) is 7.77. The predicted molar refractivity (Wildman–Crippen MR) is 85.0 cm³/mol. The SMILES string of the molecule is CN(CCCCC(C)(CO)NC1CC1)CC1CCCC1. The normalized spacial score (nSPS) is 23.4. The lowest BCUT2D eigenvalue weighted by molar-refractivity contribution is 0.159. The van der Waals surface area contributed by atoms with E-state index < -0.39 is 0 Å². The minimum Gasteiger partial charge on any atom is -0.394 e. The van der Waals surface area contributed by atoms with Gasteiger partial charge in [0.15, 0.2) is 0 Å². The molecule has 1 atom stereocenters. The molecule has 0 aromatic heterocycles. The molecule has 0 aliphatic heterocycles.